The first kappa shape index (κ1) is 32.0. The first-order valence-electron chi connectivity index (χ1n) is 15.8. The summed E-state index contributed by atoms with van der Waals surface area (Å²) in [4.78, 5) is 35.0. The second-order valence-electron chi connectivity index (χ2n) is 13.0. The second kappa shape index (κ2) is 13.7. The van der Waals surface area contributed by atoms with E-state index in [1.165, 1.54) is 4.90 Å². The average Bonchev–Trinajstić information content (AvgIpc) is 3.38. The van der Waals surface area contributed by atoms with Gasteiger partial charge in [-0.05, 0) is 81.0 Å². The highest BCUT2D eigenvalue weighted by Crippen LogP contribution is 2.32. The molecule has 4 aromatic rings. The van der Waals surface area contributed by atoms with Gasteiger partial charge in [0.15, 0.2) is 0 Å². The number of carbonyl (C=O) groups is 2. The van der Waals surface area contributed by atoms with E-state index in [1.54, 1.807) is 13.2 Å². The van der Waals surface area contributed by atoms with E-state index in [0.29, 0.717) is 38.2 Å². The van der Waals surface area contributed by atoms with Gasteiger partial charge >= 0.3 is 6.09 Å². The van der Waals surface area contributed by atoms with Crippen molar-refractivity contribution >= 4 is 33.8 Å². The topological polar surface area (TPSA) is 112 Å². The van der Waals surface area contributed by atoms with E-state index < -0.39 is 17.7 Å². The van der Waals surface area contributed by atoms with Crippen molar-refractivity contribution in [2.45, 2.75) is 76.9 Å². The quantitative estimate of drug-likeness (QED) is 0.203. The Bertz CT molecular complexity index is 1720. The number of likely N-dealkylation sites (tertiary alicyclic amines) is 1. The first-order chi connectivity index (χ1) is 21.6. The highest BCUT2D eigenvalue weighted by atomic mass is 16.5. The molecule has 1 aromatic heterocycles. The van der Waals surface area contributed by atoms with Crippen LogP contribution in [-0.2, 0) is 22.5 Å². The molecule has 1 saturated heterocycles. The van der Waals surface area contributed by atoms with Crippen LogP contribution in [0.15, 0.2) is 60.7 Å². The van der Waals surface area contributed by atoms with Gasteiger partial charge < -0.3 is 19.3 Å². The lowest BCUT2D eigenvalue weighted by molar-refractivity contribution is -0.134. The molecule has 0 unspecified atom stereocenters. The van der Waals surface area contributed by atoms with Gasteiger partial charge in [-0.25, -0.2) is 9.78 Å². The number of ether oxygens (including phenoxy) is 1. The van der Waals surface area contributed by atoms with Crippen LogP contribution in [0.25, 0.3) is 21.8 Å². The Balaban J connectivity index is 1.40. The van der Waals surface area contributed by atoms with Crippen molar-refractivity contribution in [2.24, 2.45) is 0 Å². The number of fused-ring (bicyclic) bond motifs is 2. The summed E-state index contributed by atoms with van der Waals surface area (Å²) in [6, 6.07) is 21.5. The van der Waals surface area contributed by atoms with Crippen LogP contribution in [0.5, 0.6) is 0 Å². The number of rotatable bonds is 10. The molecule has 236 valence electrons. The van der Waals surface area contributed by atoms with Crippen LogP contribution in [0.3, 0.4) is 0 Å². The van der Waals surface area contributed by atoms with Crippen molar-refractivity contribution in [3.8, 4) is 6.07 Å². The number of benzene rings is 3. The summed E-state index contributed by atoms with van der Waals surface area (Å²) >= 11 is 0. The summed E-state index contributed by atoms with van der Waals surface area (Å²) in [5.41, 5.74) is 2.65. The van der Waals surface area contributed by atoms with Crippen molar-refractivity contribution < 1.29 is 19.4 Å². The Morgan fingerprint density at radius 2 is 1.91 bits per heavy atom. The number of carbonyl (C=O) groups excluding carboxylic acids is 1. The van der Waals surface area contributed by atoms with Crippen LogP contribution < -0.4 is 0 Å². The van der Waals surface area contributed by atoms with E-state index >= 15 is 0 Å². The van der Waals surface area contributed by atoms with Gasteiger partial charge in [-0.15, -0.1) is 0 Å². The zero-order valence-corrected chi connectivity index (χ0v) is 26.7. The lowest BCUT2D eigenvalue weighted by Gasteiger charge is -2.41. The third-order valence-corrected chi connectivity index (χ3v) is 8.77. The summed E-state index contributed by atoms with van der Waals surface area (Å²) in [7, 11) is 1.68. The van der Waals surface area contributed by atoms with Crippen LogP contribution in [-0.4, -0.2) is 74.8 Å². The fraction of sp³-hybridized carbons (Fsp3) is 0.444. The number of amides is 2. The van der Waals surface area contributed by atoms with Crippen molar-refractivity contribution in [1.82, 2.24) is 19.4 Å². The summed E-state index contributed by atoms with van der Waals surface area (Å²) in [5.74, 6) is 0.901. The molecule has 2 heterocycles. The third kappa shape index (κ3) is 7.29. The molecule has 0 bridgehead atoms. The number of carboxylic acid groups (broad SMARTS) is 1. The Kier molecular flexibility index (Phi) is 9.74. The molecule has 1 aliphatic rings. The molecule has 1 N–H and O–H groups in total. The monoisotopic (exact) mass is 609 g/mol. The maximum Gasteiger partial charge on any atom is 0.408 e. The molecule has 1 fully saturated rings. The first-order valence-corrected chi connectivity index (χ1v) is 15.8. The van der Waals surface area contributed by atoms with Gasteiger partial charge in [-0.3, -0.25) is 9.69 Å². The Morgan fingerprint density at radius 3 is 2.62 bits per heavy atom. The number of hydrogen-bond acceptors (Lipinski definition) is 5. The lowest BCUT2D eigenvalue weighted by atomic mass is 9.93. The van der Waals surface area contributed by atoms with Crippen LogP contribution in [0, 0.1) is 11.3 Å². The number of aromatic nitrogens is 2. The molecule has 9 heteroatoms. The summed E-state index contributed by atoms with van der Waals surface area (Å²) in [6.45, 7) is 8.09. The molecule has 0 radical (unpaired) electrons. The number of nitriles is 1. The molecule has 5 rings (SSSR count). The second-order valence-corrected chi connectivity index (χ2v) is 13.0. The highest BCUT2D eigenvalue weighted by molar-refractivity contribution is 5.83. The van der Waals surface area contributed by atoms with Crippen LogP contribution in [0.4, 0.5) is 4.79 Å². The predicted molar refractivity (Wildman–Crippen MR) is 175 cm³/mol. The van der Waals surface area contributed by atoms with E-state index in [1.807, 2.05) is 56.0 Å². The van der Waals surface area contributed by atoms with Gasteiger partial charge in [-0.1, -0.05) is 42.5 Å². The molecule has 2 atom stereocenters. The molecule has 2 amide bonds. The van der Waals surface area contributed by atoms with Crippen LogP contribution in [0.1, 0.15) is 69.3 Å². The number of aryl methyl sites for hydroxylation is 1. The Hall–Kier alpha value is -4.42. The number of imidazole rings is 1. The molecule has 0 spiro atoms. The summed E-state index contributed by atoms with van der Waals surface area (Å²) < 4.78 is 7.49. The van der Waals surface area contributed by atoms with Gasteiger partial charge in [0.1, 0.15) is 5.82 Å². The highest BCUT2D eigenvalue weighted by Gasteiger charge is 2.37. The molecule has 0 saturated carbocycles. The van der Waals surface area contributed by atoms with Gasteiger partial charge in [-0.2, -0.15) is 5.26 Å². The number of nitrogens with zero attached hydrogens (tertiary/aromatic N) is 5. The van der Waals surface area contributed by atoms with Crippen LogP contribution >= 0.6 is 0 Å². The van der Waals surface area contributed by atoms with E-state index in [4.69, 9.17) is 9.72 Å². The van der Waals surface area contributed by atoms with Crippen LogP contribution in [0.2, 0.25) is 0 Å². The minimum absolute atomic E-state index is 0.0281. The molecule has 45 heavy (non-hydrogen) atoms. The Labute approximate surface area is 265 Å². The predicted octanol–water partition coefficient (Wildman–Crippen LogP) is 6.58. The summed E-state index contributed by atoms with van der Waals surface area (Å²) in [5, 5.41) is 22.0. The zero-order chi connectivity index (χ0) is 32.1. The van der Waals surface area contributed by atoms with Crippen molar-refractivity contribution in [3.05, 3.63) is 77.6 Å². The van der Waals surface area contributed by atoms with E-state index in [-0.39, 0.29) is 18.2 Å². The maximum atomic E-state index is 14.0. The fourth-order valence-corrected chi connectivity index (χ4v) is 6.75. The van der Waals surface area contributed by atoms with Gasteiger partial charge in [0.25, 0.3) is 0 Å². The normalized spacial score (nSPS) is 16.1. The standard InChI is InChI=1S/C36H43N5O4/c1-36(2,3)41(35(43)44)30(20-25-12-14-27-9-5-6-10-28(27)19-25)22-33(42)39-16-7-11-29(24-39)34-38-31-15-13-26(23-37)21-32(31)40(34)17-8-18-45-4/h5-6,9-10,12-15,19,21,29-30H,7-8,11,16-18,20,22,24H2,1-4H3,(H,43,44)/t29-,30-/m1/s1. The smallest absolute Gasteiger partial charge is 0.408 e. The van der Waals surface area contributed by atoms with Crippen molar-refractivity contribution in [3.63, 3.8) is 0 Å². The minimum atomic E-state index is -1.03. The molecule has 0 aliphatic carbocycles. The van der Waals surface area contributed by atoms with Crippen molar-refractivity contribution in [1.29, 1.82) is 5.26 Å². The fourth-order valence-electron chi connectivity index (χ4n) is 6.75. The van der Waals surface area contributed by atoms with E-state index in [9.17, 15) is 20.0 Å². The Morgan fingerprint density at radius 1 is 1.13 bits per heavy atom. The van der Waals surface area contributed by atoms with Crippen molar-refractivity contribution in [2.75, 3.05) is 26.8 Å². The van der Waals surface area contributed by atoms with E-state index in [2.05, 4.69) is 34.9 Å². The third-order valence-electron chi connectivity index (χ3n) is 8.77. The number of hydrogen-bond donors (Lipinski definition) is 1. The minimum Gasteiger partial charge on any atom is -0.465 e. The lowest BCUT2D eigenvalue weighted by Crippen LogP contribution is -2.54. The average molecular weight is 610 g/mol. The number of piperidine rings is 1. The summed E-state index contributed by atoms with van der Waals surface area (Å²) in [6.07, 6.45) is 2.03. The van der Waals surface area contributed by atoms with Gasteiger partial charge in [0.2, 0.25) is 5.91 Å². The zero-order valence-electron chi connectivity index (χ0n) is 26.7. The van der Waals surface area contributed by atoms with Gasteiger partial charge in [0, 0.05) is 57.3 Å². The molecular formula is C36H43N5O4. The SMILES string of the molecule is COCCCn1c([C@@H]2CCCN(C(=O)C[C@@H](Cc3ccc4ccccc4c3)N(C(=O)O)C(C)(C)C)C2)nc2ccc(C#N)cc21. The van der Waals surface area contributed by atoms with Gasteiger partial charge in [0.05, 0.1) is 22.7 Å². The largest absolute Gasteiger partial charge is 0.465 e. The number of methoxy groups -OCH3 is 1. The molecule has 3 aromatic carbocycles. The van der Waals surface area contributed by atoms with E-state index in [0.717, 1.165) is 52.5 Å². The molecule has 1 aliphatic heterocycles. The molecular weight excluding hydrogens is 566 g/mol. The maximum absolute atomic E-state index is 14.0. The molecule has 9 nitrogen and oxygen atoms in total.